The Kier molecular flexibility index (Phi) is 9.87. The van der Waals surface area contributed by atoms with E-state index in [2.05, 4.69) is 44.4 Å². The normalized spacial score (nSPS) is 10.7. The van der Waals surface area contributed by atoms with Gasteiger partial charge in [0, 0.05) is 40.4 Å². The molecular formula is C20H29IN4O. The average Bonchev–Trinajstić information content (AvgIpc) is 2.63. The predicted molar refractivity (Wildman–Crippen MR) is 121 cm³/mol. The predicted octanol–water partition coefficient (Wildman–Crippen LogP) is 3.46. The molecule has 0 spiro atoms. The van der Waals surface area contributed by atoms with Crippen molar-refractivity contribution in [3.05, 3.63) is 60.2 Å². The van der Waals surface area contributed by atoms with Crippen molar-refractivity contribution in [3.63, 3.8) is 0 Å². The fourth-order valence-electron chi connectivity index (χ4n) is 2.40. The summed E-state index contributed by atoms with van der Waals surface area (Å²) in [6.45, 7) is 2.11. The van der Waals surface area contributed by atoms with E-state index in [9.17, 15) is 0 Å². The van der Waals surface area contributed by atoms with Gasteiger partial charge in [0.15, 0.2) is 5.96 Å². The van der Waals surface area contributed by atoms with E-state index in [-0.39, 0.29) is 24.0 Å². The number of aliphatic imine (C=N–C) groups is 1. The fraction of sp³-hybridized carbons (Fsp3) is 0.350. The summed E-state index contributed by atoms with van der Waals surface area (Å²) < 4.78 is 5.74. The number of hydrogen-bond acceptors (Lipinski definition) is 3. The Morgan fingerprint density at radius 1 is 1.00 bits per heavy atom. The molecule has 0 unspecified atom stereocenters. The lowest BCUT2D eigenvalue weighted by Crippen LogP contribution is -2.40. The zero-order valence-corrected chi connectivity index (χ0v) is 18.3. The fourth-order valence-corrected chi connectivity index (χ4v) is 2.40. The maximum Gasteiger partial charge on any atom is 0.193 e. The monoisotopic (exact) mass is 468 g/mol. The lowest BCUT2D eigenvalue weighted by molar-refractivity contribution is 0.281. The van der Waals surface area contributed by atoms with Crippen LogP contribution in [0.3, 0.4) is 0 Å². The van der Waals surface area contributed by atoms with E-state index in [1.54, 1.807) is 7.05 Å². The Morgan fingerprint density at radius 2 is 1.65 bits per heavy atom. The minimum Gasteiger partial charge on any atom is -0.492 e. The molecule has 2 rings (SSSR count). The van der Waals surface area contributed by atoms with Crippen LogP contribution < -0.4 is 15.0 Å². The Bertz CT molecular complexity index is 659. The topological polar surface area (TPSA) is 40.1 Å². The molecule has 5 nitrogen and oxygen atoms in total. The van der Waals surface area contributed by atoms with Crippen molar-refractivity contribution in [2.45, 2.75) is 6.54 Å². The second kappa shape index (κ2) is 11.6. The quantitative estimate of drug-likeness (QED) is 0.384. The first-order valence-corrected chi connectivity index (χ1v) is 8.46. The lowest BCUT2D eigenvalue weighted by Gasteiger charge is -2.22. The van der Waals surface area contributed by atoms with Gasteiger partial charge >= 0.3 is 0 Å². The maximum absolute atomic E-state index is 5.74. The standard InChI is InChI=1S/C20H28N4O.HI/c1-21-20(22-16-17-10-12-18(13-11-17)23(2)3)24(4)14-15-25-19-8-6-5-7-9-19;/h5-13H,14-16H2,1-4H3,(H,21,22);1H. The molecule has 0 saturated carbocycles. The first kappa shape index (κ1) is 22.1. The van der Waals surface area contributed by atoms with Gasteiger partial charge in [-0.15, -0.1) is 24.0 Å². The minimum absolute atomic E-state index is 0. The van der Waals surface area contributed by atoms with Crippen molar-refractivity contribution in [1.29, 1.82) is 0 Å². The number of rotatable bonds is 7. The van der Waals surface area contributed by atoms with Gasteiger partial charge in [-0.1, -0.05) is 30.3 Å². The number of anilines is 1. The molecule has 2 aromatic carbocycles. The number of ether oxygens (including phenoxy) is 1. The van der Waals surface area contributed by atoms with Crippen LogP contribution in [-0.4, -0.2) is 52.2 Å². The Balaban J connectivity index is 0.00000338. The Labute approximate surface area is 174 Å². The number of likely N-dealkylation sites (N-methyl/N-ethyl adjacent to an activating group) is 1. The van der Waals surface area contributed by atoms with E-state index >= 15 is 0 Å². The van der Waals surface area contributed by atoms with Gasteiger partial charge in [0.25, 0.3) is 0 Å². The number of nitrogens with one attached hydrogen (secondary N) is 1. The van der Waals surface area contributed by atoms with Crippen LogP contribution in [0.1, 0.15) is 5.56 Å². The van der Waals surface area contributed by atoms with Crippen LogP contribution in [-0.2, 0) is 6.54 Å². The molecular weight excluding hydrogens is 439 g/mol. The molecule has 1 N–H and O–H groups in total. The minimum atomic E-state index is 0. The zero-order valence-electron chi connectivity index (χ0n) is 16.0. The van der Waals surface area contributed by atoms with E-state index in [0.717, 1.165) is 24.8 Å². The third-order valence-electron chi connectivity index (χ3n) is 3.92. The molecule has 0 amide bonds. The first-order chi connectivity index (χ1) is 12.1. The molecule has 26 heavy (non-hydrogen) atoms. The number of benzene rings is 2. The third kappa shape index (κ3) is 7.11. The molecule has 0 radical (unpaired) electrons. The summed E-state index contributed by atoms with van der Waals surface area (Å²) in [6, 6.07) is 18.4. The second-order valence-electron chi connectivity index (χ2n) is 6.04. The second-order valence-corrected chi connectivity index (χ2v) is 6.04. The largest absolute Gasteiger partial charge is 0.492 e. The highest BCUT2D eigenvalue weighted by Crippen LogP contribution is 2.12. The molecule has 0 heterocycles. The lowest BCUT2D eigenvalue weighted by atomic mass is 10.2. The number of para-hydroxylation sites is 1. The van der Waals surface area contributed by atoms with Crippen molar-refractivity contribution in [2.75, 3.05) is 46.2 Å². The van der Waals surface area contributed by atoms with Gasteiger partial charge in [-0.3, -0.25) is 4.99 Å². The van der Waals surface area contributed by atoms with E-state index < -0.39 is 0 Å². The highest BCUT2D eigenvalue weighted by atomic mass is 127. The molecule has 0 aliphatic rings. The van der Waals surface area contributed by atoms with Crippen molar-refractivity contribution >= 4 is 35.6 Å². The molecule has 142 valence electrons. The molecule has 0 atom stereocenters. The Hall–Kier alpha value is -1.96. The highest BCUT2D eigenvalue weighted by Gasteiger charge is 2.06. The molecule has 0 bridgehead atoms. The summed E-state index contributed by atoms with van der Waals surface area (Å²) in [5, 5.41) is 3.39. The van der Waals surface area contributed by atoms with Crippen molar-refractivity contribution in [3.8, 4) is 5.75 Å². The summed E-state index contributed by atoms with van der Waals surface area (Å²) in [6.07, 6.45) is 0. The summed E-state index contributed by atoms with van der Waals surface area (Å²) >= 11 is 0. The van der Waals surface area contributed by atoms with Gasteiger partial charge in [0.05, 0.1) is 6.54 Å². The summed E-state index contributed by atoms with van der Waals surface area (Å²) in [4.78, 5) is 8.50. The molecule has 0 aliphatic carbocycles. The number of nitrogens with zero attached hydrogens (tertiary/aromatic N) is 3. The molecule has 0 saturated heterocycles. The molecule has 2 aromatic rings. The van der Waals surface area contributed by atoms with Gasteiger partial charge in [-0.25, -0.2) is 0 Å². The van der Waals surface area contributed by atoms with Gasteiger partial charge in [-0.05, 0) is 29.8 Å². The number of halogens is 1. The van der Waals surface area contributed by atoms with Crippen LogP contribution in [0.2, 0.25) is 0 Å². The molecule has 0 aliphatic heterocycles. The Morgan fingerprint density at radius 3 is 2.23 bits per heavy atom. The van der Waals surface area contributed by atoms with Gasteiger partial charge in [0.2, 0.25) is 0 Å². The maximum atomic E-state index is 5.74. The van der Waals surface area contributed by atoms with Crippen LogP contribution in [0.4, 0.5) is 5.69 Å². The van der Waals surface area contributed by atoms with Crippen LogP contribution in [0.25, 0.3) is 0 Å². The summed E-state index contributed by atoms with van der Waals surface area (Å²) in [7, 11) is 7.90. The van der Waals surface area contributed by atoms with Crippen molar-refractivity contribution < 1.29 is 4.74 Å². The van der Waals surface area contributed by atoms with Crippen LogP contribution in [0.15, 0.2) is 59.6 Å². The number of hydrogen-bond donors (Lipinski definition) is 1. The average molecular weight is 468 g/mol. The van der Waals surface area contributed by atoms with Crippen LogP contribution in [0, 0.1) is 0 Å². The van der Waals surface area contributed by atoms with Crippen molar-refractivity contribution in [2.24, 2.45) is 4.99 Å². The first-order valence-electron chi connectivity index (χ1n) is 8.46. The summed E-state index contributed by atoms with van der Waals surface area (Å²) in [5.41, 5.74) is 2.42. The molecule has 0 aromatic heterocycles. The zero-order chi connectivity index (χ0) is 18.1. The third-order valence-corrected chi connectivity index (χ3v) is 3.92. The highest BCUT2D eigenvalue weighted by molar-refractivity contribution is 14.0. The number of guanidine groups is 1. The summed E-state index contributed by atoms with van der Waals surface area (Å²) in [5.74, 6) is 1.74. The van der Waals surface area contributed by atoms with E-state index in [4.69, 9.17) is 4.74 Å². The smallest absolute Gasteiger partial charge is 0.193 e. The molecule has 6 heteroatoms. The molecule has 0 fully saturated rings. The van der Waals surface area contributed by atoms with E-state index in [1.165, 1.54) is 11.3 Å². The van der Waals surface area contributed by atoms with Gasteiger partial charge in [-0.2, -0.15) is 0 Å². The van der Waals surface area contributed by atoms with Gasteiger partial charge in [0.1, 0.15) is 12.4 Å². The van der Waals surface area contributed by atoms with Crippen LogP contribution >= 0.6 is 24.0 Å². The van der Waals surface area contributed by atoms with E-state index in [1.807, 2.05) is 51.5 Å². The SMILES string of the molecule is CN=C(NCc1ccc(N(C)C)cc1)N(C)CCOc1ccccc1.I. The van der Waals surface area contributed by atoms with E-state index in [0.29, 0.717) is 6.61 Å². The van der Waals surface area contributed by atoms with Crippen molar-refractivity contribution in [1.82, 2.24) is 10.2 Å². The van der Waals surface area contributed by atoms with Gasteiger partial charge < -0.3 is 19.9 Å². The van der Waals surface area contributed by atoms with Crippen LogP contribution in [0.5, 0.6) is 5.75 Å².